The Kier molecular flexibility index (Phi) is 6.44. The number of rotatable bonds is 5. The van der Waals surface area contributed by atoms with E-state index in [9.17, 15) is 22.4 Å². The quantitative estimate of drug-likeness (QED) is 0.416. The van der Waals surface area contributed by atoms with Crippen LogP contribution in [0.3, 0.4) is 0 Å². The number of carbonyl (C=O) groups is 2. The van der Waals surface area contributed by atoms with Gasteiger partial charge in [0, 0.05) is 13.1 Å². The van der Waals surface area contributed by atoms with Gasteiger partial charge in [-0.1, -0.05) is 24.3 Å². The molecule has 4 rings (SSSR count). The molecule has 3 aromatic carbocycles. The lowest BCUT2D eigenvalue weighted by Gasteiger charge is -2.30. The Morgan fingerprint density at radius 3 is 2.36 bits per heavy atom. The van der Waals surface area contributed by atoms with Gasteiger partial charge < -0.3 is 9.47 Å². The predicted molar refractivity (Wildman–Crippen MR) is 119 cm³/mol. The van der Waals surface area contributed by atoms with Crippen molar-refractivity contribution in [1.82, 2.24) is 4.31 Å². The second-order valence-corrected chi connectivity index (χ2v) is 9.70. The van der Waals surface area contributed by atoms with E-state index in [1.165, 1.54) is 23.5 Å². The molecule has 172 valence electrons. The Hall–Kier alpha value is -3.30. The monoisotopic (exact) mass is 471 g/mol. The number of hydrogen-bond donors (Lipinski definition) is 0. The van der Waals surface area contributed by atoms with Crippen molar-refractivity contribution >= 4 is 32.7 Å². The number of esters is 2. The first-order valence-electron chi connectivity index (χ1n) is 10.4. The van der Waals surface area contributed by atoms with Crippen LogP contribution in [0, 0.1) is 11.7 Å². The van der Waals surface area contributed by atoms with Gasteiger partial charge in [-0.05, 0) is 60.0 Å². The van der Waals surface area contributed by atoms with Gasteiger partial charge in [-0.25, -0.2) is 17.6 Å². The molecule has 0 spiro atoms. The van der Waals surface area contributed by atoms with E-state index in [2.05, 4.69) is 0 Å². The van der Waals surface area contributed by atoms with E-state index in [0.29, 0.717) is 12.8 Å². The van der Waals surface area contributed by atoms with Crippen LogP contribution in [0.25, 0.3) is 10.8 Å². The van der Waals surface area contributed by atoms with Gasteiger partial charge in [-0.15, -0.1) is 0 Å². The lowest BCUT2D eigenvalue weighted by atomic mass is 10.00. The molecular formula is C24H22FNO6S. The molecule has 1 unspecified atom stereocenters. The summed E-state index contributed by atoms with van der Waals surface area (Å²) < 4.78 is 50.7. The van der Waals surface area contributed by atoms with Crippen LogP contribution in [0.2, 0.25) is 0 Å². The van der Waals surface area contributed by atoms with Crippen LogP contribution in [0.4, 0.5) is 4.39 Å². The molecule has 0 aliphatic carbocycles. The number of benzene rings is 3. The third-order valence-electron chi connectivity index (χ3n) is 5.63. The van der Waals surface area contributed by atoms with Gasteiger partial charge in [0.1, 0.15) is 17.1 Å². The van der Waals surface area contributed by atoms with Gasteiger partial charge in [-0.3, -0.25) is 4.79 Å². The summed E-state index contributed by atoms with van der Waals surface area (Å²) in [6.07, 6.45) is 0.900. The van der Waals surface area contributed by atoms with Crippen LogP contribution in [-0.2, 0) is 19.6 Å². The summed E-state index contributed by atoms with van der Waals surface area (Å²) in [6, 6.07) is 15.0. The average Bonchev–Trinajstić information content (AvgIpc) is 2.83. The number of methoxy groups -OCH3 is 1. The van der Waals surface area contributed by atoms with Crippen molar-refractivity contribution in [1.29, 1.82) is 0 Å². The van der Waals surface area contributed by atoms with Crippen LogP contribution in [0.15, 0.2) is 65.6 Å². The van der Waals surface area contributed by atoms with Crippen molar-refractivity contribution in [2.24, 2.45) is 5.92 Å². The predicted octanol–water partition coefficient (Wildman–Crippen LogP) is 3.77. The summed E-state index contributed by atoms with van der Waals surface area (Å²) in [6.45, 7) is 0.173. The molecule has 1 saturated heterocycles. The van der Waals surface area contributed by atoms with Gasteiger partial charge in [0.05, 0.1) is 17.9 Å². The minimum atomic E-state index is -3.89. The number of sulfonamides is 1. The Morgan fingerprint density at radius 2 is 1.70 bits per heavy atom. The molecule has 1 heterocycles. The normalized spacial score (nSPS) is 17.0. The van der Waals surface area contributed by atoms with Crippen molar-refractivity contribution in [2.45, 2.75) is 17.7 Å². The fourth-order valence-electron chi connectivity index (χ4n) is 3.87. The highest BCUT2D eigenvalue weighted by atomic mass is 32.2. The first-order chi connectivity index (χ1) is 15.8. The molecule has 3 aromatic rings. The number of piperidine rings is 1. The Labute approximate surface area is 190 Å². The lowest BCUT2D eigenvalue weighted by molar-refractivity contribution is -0.140. The van der Waals surface area contributed by atoms with Gasteiger partial charge in [0.15, 0.2) is 0 Å². The van der Waals surface area contributed by atoms with Crippen LogP contribution in [0.1, 0.15) is 23.2 Å². The van der Waals surface area contributed by atoms with Crippen LogP contribution < -0.4 is 4.74 Å². The topological polar surface area (TPSA) is 90.0 Å². The zero-order valence-corrected chi connectivity index (χ0v) is 18.7. The van der Waals surface area contributed by atoms with Crippen molar-refractivity contribution < 1.29 is 31.9 Å². The Bertz CT molecular complexity index is 1310. The number of fused-ring (bicyclic) bond motifs is 1. The summed E-state index contributed by atoms with van der Waals surface area (Å²) >= 11 is 0. The number of carbonyl (C=O) groups excluding carboxylic acids is 2. The van der Waals surface area contributed by atoms with Crippen LogP contribution in [-0.4, -0.2) is 44.9 Å². The molecule has 0 saturated carbocycles. The van der Waals surface area contributed by atoms with Crippen molar-refractivity contribution in [3.05, 3.63) is 72.0 Å². The molecule has 0 bridgehead atoms. The zero-order valence-electron chi connectivity index (χ0n) is 17.9. The molecule has 7 nitrogen and oxygen atoms in total. The average molecular weight is 472 g/mol. The first kappa shape index (κ1) is 22.9. The SMILES string of the molecule is COC(=O)c1cc2ccccc2cc1OC(=O)C1CCCN(S(=O)(=O)c2ccc(F)cc2)C1. The molecule has 33 heavy (non-hydrogen) atoms. The summed E-state index contributed by atoms with van der Waals surface area (Å²) in [7, 11) is -2.65. The second kappa shape index (κ2) is 9.29. The summed E-state index contributed by atoms with van der Waals surface area (Å²) in [5, 5.41) is 1.56. The number of hydrogen-bond acceptors (Lipinski definition) is 6. The molecule has 0 N–H and O–H groups in total. The summed E-state index contributed by atoms with van der Waals surface area (Å²) in [5.74, 6) is -2.47. The number of ether oxygens (including phenoxy) is 2. The minimum Gasteiger partial charge on any atom is -0.465 e. The van der Waals surface area contributed by atoms with E-state index in [1.807, 2.05) is 24.3 Å². The fraction of sp³-hybridized carbons (Fsp3) is 0.250. The van der Waals surface area contributed by atoms with Gasteiger partial charge in [0.25, 0.3) is 0 Å². The maximum Gasteiger partial charge on any atom is 0.341 e. The largest absolute Gasteiger partial charge is 0.465 e. The van der Waals surface area contributed by atoms with Gasteiger partial charge in [-0.2, -0.15) is 4.31 Å². The molecule has 9 heteroatoms. The fourth-order valence-corrected chi connectivity index (χ4v) is 5.40. The lowest BCUT2D eigenvalue weighted by Crippen LogP contribution is -2.43. The van der Waals surface area contributed by atoms with Gasteiger partial charge in [0.2, 0.25) is 10.0 Å². The van der Waals surface area contributed by atoms with Gasteiger partial charge >= 0.3 is 11.9 Å². The highest BCUT2D eigenvalue weighted by Crippen LogP contribution is 2.30. The minimum absolute atomic E-state index is 0.0413. The molecular weight excluding hydrogens is 449 g/mol. The number of halogens is 1. The maximum atomic E-state index is 13.2. The summed E-state index contributed by atoms with van der Waals surface area (Å²) in [4.78, 5) is 25.2. The third-order valence-corrected chi connectivity index (χ3v) is 7.51. The highest BCUT2D eigenvalue weighted by Gasteiger charge is 2.34. The first-order valence-corrected chi connectivity index (χ1v) is 11.8. The van der Waals surface area contributed by atoms with Crippen molar-refractivity contribution in [2.75, 3.05) is 20.2 Å². The van der Waals surface area contributed by atoms with E-state index >= 15 is 0 Å². The smallest absolute Gasteiger partial charge is 0.341 e. The Balaban J connectivity index is 1.57. The van der Waals surface area contributed by atoms with Crippen molar-refractivity contribution in [3.63, 3.8) is 0 Å². The second-order valence-electron chi connectivity index (χ2n) is 7.76. The molecule has 1 atom stereocenters. The standard InChI is InChI=1S/C24H22FNO6S/c1-31-24(28)21-13-16-5-2-3-6-17(16)14-22(21)32-23(27)18-7-4-12-26(15-18)33(29,30)20-10-8-19(25)9-11-20/h2-3,5-6,8-11,13-14,18H,4,7,12,15H2,1H3. The molecule has 1 aliphatic rings. The number of nitrogens with zero attached hydrogens (tertiary/aromatic N) is 1. The van der Waals surface area contributed by atoms with E-state index in [0.717, 1.165) is 22.9 Å². The van der Waals surface area contributed by atoms with E-state index in [1.54, 1.807) is 12.1 Å². The highest BCUT2D eigenvalue weighted by molar-refractivity contribution is 7.89. The molecule has 0 aromatic heterocycles. The van der Waals surface area contributed by atoms with E-state index in [-0.39, 0.29) is 29.3 Å². The van der Waals surface area contributed by atoms with E-state index < -0.39 is 33.7 Å². The zero-order chi connectivity index (χ0) is 23.6. The van der Waals surface area contributed by atoms with Crippen LogP contribution in [0.5, 0.6) is 5.75 Å². The molecule has 1 aliphatic heterocycles. The van der Waals surface area contributed by atoms with Crippen LogP contribution >= 0.6 is 0 Å². The molecule has 0 amide bonds. The van der Waals surface area contributed by atoms with E-state index in [4.69, 9.17) is 9.47 Å². The Morgan fingerprint density at radius 1 is 1.03 bits per heavy atom. The van der Waals surface area contributed by atoms with Crippen molar-refractivity contribution in [3.8, 4) is 5.75 Å². The maximum absolute atomic E-state index is 13.2. The molecule has 0 radical (unpaired) electrons. The third kappa shape index (κ3) is 4.74. The summed E-state index contributed by atoms with van der Waals surface area (Å²) in [5.41, 5.74) is 0.108. The molecule has 1 fully saturated rings.